The highest BCUT2D eigenvalue weighted by atomic mass is 35.5. The Morgan fingerprint density at radius 2 is 2.31 bits per heavy atom. The van der Waals surface area contributed by atoms with E-state index in [2.05, 4.69) is 5.32 Å². The van der Waals surface area contributed by atoms with Crippen molar-refractivity contribution in [3.8, 4) is 0 Å². The zero-order valence-electron chi connectivity index (χ0n) is 9.66. The fraction of sp³-hybridized carbons (Fsp3) is 0.545. The average Bonchev–Trinajstić information content (AvgIpc) is 2.66. The van der Waals surface area contributed by atoms with Crippen molar-refractivity contribution in [2.75, 3.05) is 0 Å². The summed E-state index contributed by atoms with van der Waals surface area (Å²) in [5.41, 5.74) is 6.04. The van der Waals surface area contributed by atoms with Crippen molar-refractivity contribution in [1.82, 2.24) is 5.32 Å². The minimum Gasteiger partial charge on any atom is -0.472 e. The summed E-state index contributed by atoms with van der Waals surface area (Å²) in [5, 5.41) is 2.79. The SMILES string of the molecule is CCCC(C)(N)C(=O)NCc1ccoc1.Cl. The van der Waals surface area contributed by atoms with Crippen LogP contribution in [0.15, 0.2) is 23.0 Å². The molecule has 1 rings (SSSR count). The van der Waals surface area contributed by atoms with Gasteiger partial charge in [0.2, 0.25) is 5.91 Å². The quantitative estimate of drug-likeness (QED) is 0.833. The maximum absolute atomic E-state index is 11.7. The normalized spacial score (nSPS) is 13.7. The largest absolute Gasteiger partial charge is 0.472 e. The molecule has 16 heavy (non-hydrogen) atoms. The zero-order valence-corrected chi connectivity index (χ0v) is 10.5. The van der Waals surface area contributed by atoms with Crippen molar-refractivity contribution in [3.63, 3.8) is 0 Å². The Labute approximate surface area is 102 Å². The molecule has 0 aliphatic heterocycles. The van der Waals surface area contributed by atoms with Crippen molar-refractivity contribution in [3.05, 3.63) is 24.2 Å². The van der Waals surface area contributed by atoms with Gasteiger partial charge in [0.25, 0.3) is 0 Å². The van der Waals surface area contributed by atoms with E-state index in [1.54, 1.807) is 19.5 Å². The van der Waals surface area contributed by atoms with E-state index in [-0.39, 0.29) is 18.3 Å². The van der Waals surface area contributed by atoms with Crippen LogP contribution in [0.1, 0.15) is 32.3 Å². The van der Waals surface area contributed by atoms with E-state index in [0.29, 0.717) is 13.0 Å². The molecule has 4 nitrogen and oxygen atoms in total. The molecule has 5 heteroatoms. The van der Waals surface area contributed by atoms with Gasteiger partial charge in [0.05, 0.1) is 18.1 Å². The number of nitrogens with two attached hydrogens (primary N) is 1. The van der Waals surface area contributed by atoms with Gasteiger partial charge in [-0.05, 0) is 19.4 Å². The van der Waals surface area contributed by atoms with Crippen molar-refractivity contribution in [2.45, 2.75) is 38.8 Å². The molecule has 1 heterocycles. The van der Waals surface area contributed by atoms with E-state index in [9.17, 15) is 4.79 Å². The van der Waals surface area contributed by atoms with Crippen LogP contribution >= 0.6 is 12.4 Å². The summed E-state index contributed by atoms with van der Waals surface area (Å²) >= 11 is 0. The van der Waals surface area contributed by atoms with Crippen LogP contribution in [-0.2, 0) is 11.3 Å². The smallest absolute Gasteiger partial charge is 0.240 e. The van der Waals surface area contributed by atoms with Crippen molar-refractivity contribution >= 4 is 18.3 Å². The number of hydrogen-bond donors (Lipinski definition) is 2. The van der Waals surface area contributed by atoms with Crippen LogP contribution in [0.4, 0.5) is 0 Å². The highest BCUT2D eigenvalue weighted by Crippen LogP contribution is 2.09. The zero-order chi connectivity index (χ0) is 11.3. The molecule has 1 aromatic rings. The summed E-state index contributed by atoms with van der Waals surface area (Å²) in [6.45, 7) is 4.22. The minimum absolute atomic E-state index is 0. The molecule has 0 saturated heterocycles. The molecule has 0 spiro atoms. The number of rotatable bonds is 5. The number of amides is 1. The molecule has 1 aromatic heterocycles. The van der Waals surface area contributed by atoms with Gasteiger partial charge in [-0.2, -0.15) is 0 Å². The van der Waals surface area contributed by atoms with Crippen LogP contribution in [0.25, 0.3) is 0 Å². The highest BCUT2D eigenvalue weighted by Gasteiger charge is 2.26. The van der Waals surface area contributed by atoms with E-state index >= 15 is 0 Å². The van der Waals surface area contributed by atoms with E-state index < -0.39 is 5.54 Å². The van der Waals surface area contributed by atoms with E-state index in [0.717, 1.165) is 12.0 Å². The third kappa shape index (κ3) is 4.24. The Morgan fingerprint density at radius 1 is 1.62 bits per heavy atom. The maximum atomic E-state index is 11.7. The third-order valence-electron chi connectivity index (χ3n) is 2.32. The predicted molar refractivity (Wildman–Crippen MR) is 65.3 cm³/mol. The van der Waals surface area contributed by atoms with E-state index in [4.69, 9.17) is 10.2 Å². The molecule has 0 aromatic carbocycles. The predicted octanol–water partition coefficient (Wildman–Crippen LogP) is 1.84. The van der Waals surface area contributed by atoms with Crippen LogP contribution in [0.2, 0.25) is 0 Å². The van der Waals surface area contributed by atoms with Crippen LogP contribution in [0.5, 0.6) is 0 Å². The average molecular weight is 247 g/mol. The van der Waals surface area contributed by atoms with Crippen LogP contribution < -0.4 is 11.1 Å². The first-order valence-corrected chi connectivity index (χ1v) is 5.14. The second kappa shape index (κ2) is 6.55. The van der Waals surface area contributed by atoms with Gasteiger partial charge in [-0.1, -0.05) is 13.3 Å². The second-order valence-corrected chi connectivity index (χ2v) is 3.98. The lowest BCUT2D eigenvalue weighted by molar-refractivity contribution is -0.126. The molecule has 1 amide bonds. The van der Waals surface area contributed by atoms with Gasteiger partial charge in [0.1, 0.15) is 0 Å². The van der Waals surface area contributed by atoms with E-state index in [1.807, 2.05) is 13.0 Å². The lowest BCUT2D eigenvalue weighted by atomic mass is 9.96. The van der Waals surface area contributed by atoms with Crippen molar-refractivity contribution in [2.24, 2.45) is 5.73 Å². The number of furan rings is 1. The number of hydrogen-bond acceptors (Lipinski definition) is 3. The summed E-state index contributed by atoms with van der Waals surface area (Å²) in [7, 11) is 0. The number of carbonyl (C=O) groups excluding carboxylic acids is 1. The van der Waals surface area contributed by atoms with Crippen molar-refractivity contribution < 1.29 is 9.21 Å². The van der Waals surface area contributed by atoms with Gasteiger partial charge in [-0.25, -0.2) is 0 Å². The molecule has 0 aliphatic carbocycles. The molecule has 0 aliphatic rings. The summed E-state index contributed by atoms with van der Waals surface area (Å²) in [6, 6.07) is 1.81. The first-order valence-electron chi connectivity index (χ1n) is 5.14. The first kappa shape index (κ1) is 15.0. The molecule has 1 atom stereocenters. The molecule has 0 fully saturated rings. The van der Waals surface area contributed by atoms with Gasteiger partial charge >= 0.3 is 0 Å². The molecule has 0 radical (unpaired) electrons. The number of carbonyl (C=O) groups is 1. The summed E-state index contributed by atoms with van der Waals surface area (Å²) < 4.78 is 4.90. The van der Waals surface area contributed by atoms with Crippen molar-refractivity contribution in [1.29, 1.82) is 0 Å². The second-order valence-electron chi connectivity index (χ2n) is 3.98. The highest BCUT2D eigenvalue weighted by molar-refractivity contribution is 5.85. The molecule has 1 unspecified atom stereocenters. The topological polar surface area (TPSA) is 68.3 Å². The summed E-state index contributed by atoms with van der Waals surface area (Å²) in [6.07, 6.45) is 4.76. The lowest BCUT2D eigenvalue weighted by Gasteiger charge is -2.22. The van der Waals surface area contributed by atoms with Gasteiger partial charge in [-0.3, -0.25) is 4.79 Å². The fourth-order valence-electron chi connectivity index (χ4n) is 1.41. The standard InChI is InChI=1S/C11H18N2O2.ClH/c1-3-5-11(2,12)10(14)13-7-9-4-6-15-8-9;/h4,6,8H,3,5,7,12H2,1-2H3,(H,13,14);1H. The lowest BCUT2D eigenvalue weighted by Crippen LogP contribution is -2.51. The van der Waals surface area contributed by atoms with Crippen LogP contribution in [0.3, 0.4) is 0 Å². The Hall–Kier alpha value is -1.00. The number of nitrogens with one attached hydrogen (secondary N) is 1. The summed E-state index contributed by atoms with van der Waals surface area (Å²) in [4.78, 5) is 11.7. The monoisotopic (exact) mass is 246 g/mol. The molecule has 0 bridgehead atoms. The van der Waals surface area contributed by atoms with Gasteiger partial charge < -0.3 is 15.5 Å². The minimum atomic E-state index is -0.779. The Bertz CT molecular complexity index is 310. The fourth-order valence-corrected chi connectivity index (χ4v) is 1.41. The maximum Gasteiger partial charge on any atom is 0.240 e. The van der Waals surface area contributed by atoms with Gasteiger partial charge in [-0.15, -0.1) is 12.4 Å². The van der Waals surface area contributed by atoms with Gasteiger partial charge in [0.15, 0.2) is 0 Å². The third-order valence-corrected chi connectivity index (χ3v) is 2.32. The van der Waals surface area contributed by atoms with Crippen LogP contribution in [-0.4, -0.2) is 11.4 Å². The Kier molecular flexibility index (Phi) is 6.14. The molecular formula is C11H19ClN2O2. The number of halogens is 1. The molecule has 3 N–H and O–H groups in total. The molecule has 92 valence electrons. The first-order chi connectivity index (χ1) is 7.06. The van der Waals surface area contributed by atoms with Gasteiger partial charge in [0, 0.05) is 12.1 Å². The molecular weight excluding hydrogens is 228 g/mol. The Morgan fingerprint density at radius 3 is 2.81 bits per heavy atom. The van der Waals surface area contributed by atoms with Crippen LogP contribution in [0, 0.1) is 0 Å². The molecule has 0 saturated carbocycles. The Balaban J connectivity index is 0.00000225. The van der Waals surface area contributed by atoms with E-state index in [1.165, 1.54) is 0 Å². The summed E-state index contributed by atoms with van der Waals surface area (Å²) in [5.74, 6) is -0.120.